The first-order valence-corrected chi connectivity index (χ1v) is 5.28. The minimum absolute atomic E-state index is 0. The molecule has 1 aromatic carbocycles. The van der Waals surface area contributed by atoms with E-state index in [4.69, 9.17) is 11.6 Å². The van der Waals surface area contributed by atoms with Crippen LogP contribution in [-0.4, -0.2) is 23.8 Å². The maximum absolute atomic E-state index is 11.5. The highest BCUT2D eigenvalue weighted by molar-refractivity contribution is 6.32. The van der Waals surface area contributed by atoms with Gasteiger partial charge in [-0.25, -0.2) is 9.59 Å². The average molecular weight is 303 g/mol. The topological polar surface area (TPSA) is 72.8 Å². The zero-order chi connectivity index (χ0) is 13.7. The summed E-state index contributed by atoms with van der Waals surface area (Å²) in [6.07, 6.45) is 0. The van der Waals surface area contributed by atoms with Gasteiger partial charge in [-0.15, -0.1) is 0 Å². The van der Waals surface area contributed by atoms with Crippen LogP contribution in [0.4, 0.5) is 0 Å². The van der Waals surface area contributed by atoms with Crippen LogP contribution in [0.5, 0.6) is 5.75 Å². The molecule has 0 aliphatic heterocycles. The van der Waals surface area contributed by atoms with Crippen LogP contribution in [0.1, 0.15) is 32.1 Å². The lowest BCUT2D eigenvalue weighted by Crippen LogP contribution is -2.13. The van der Waals surface area contributed by atoms with Crippen LogP contribution in [0.25, 0.3) is 0 Å². The zero-order valence-corrected chi connectivity index (χ0v) is 10.4. The minimum atomic E-state index is -0.716. The van der Waals surface area contributed by atoms with Gasteiger partial charge in [0.2, 0.25) is 6.79 Å². The van der Waals surface area contributed by atoms with Crippen molar-refractivity contribution in [3.63, 3.8) is 0 Å². The molecule has 0 aliphatic rings. The van der Waals surface area contributed by atoms with Crippen LogP contribution >= 0.6 is 11.6 Å². The van der Waals surface area contributed by atoms with Crippen LogP contribution in [0.2, 0.25) is 5.02 Å². The molecule has 0 radical (unpaired) electrons. The van der Waals surface area contributed by atoms with Crippen LogP contribution in [0.15, 0.2) is 30.4 Å². The Morgan fingerprint density at radius 3 is 2.40 bits per heavy atom. The molecule has 20 heavy (non-hydrogen) atoms. The van der Waals surface area contributed by atoms with Gasteiger partial charge in [0.05, 0.1) is 10.6 Å². The van der Waals surface area contributed by atoms with E-state index in [1.54, 1.807) is 0 Å². The van der Waals surface area contributed by atoms with Crippen LogP contribution < -0.4 is 0 Å². The second kappa shape index (κ2) is 8.98. The van der Waals surface area contributed by atoms with Gasteiger partial charge in [-0.1, -0.05) is 33.0 Å². The molecule has 0 aliphatic carbocycles. The van der Waals surface area contributed by atoms with Crippen molar-refractivity contribution in [3.8, 4) is 5.75 Å². The maximum atomic E-state index is 11.5. The van der Waals surface area contributed by atoms with Crippen LogP contribution in [-0.2, 0) is 14.3 Å². The lowest BCUT2D eigenvalue weighted by atomic mass is 10.2. The standard InChI is InChI=1S/C12H11ClO5.2CH4/c1-7(2)11(15)17-6-18-12(16)8-3-4-10(14)9(13)5-8;;/h3-5,14H,1,6H2,2H3;2*1H4. The minimum Gasteiger partial charge on any atom is -0.506 e. The van der Waals surface area contributed by atoms with Crippen LogP contribution in [0.3, 0.4) is 0 Å². The molecule has 0 amide bonds. The summed E-state index contributed by atoms with van der Waals surface area (Å²) < 4.78 is 9.27. The van der Waals surface area contributed by atoms with E-state index in [0.29, 0.717) is 0 Å². The van der Waals surface area contributed by atoms with E-state index in [1.165, 1.54) is 25.1 Å². The molecule has 0 unspecified atom stereocenters. The van der Waals surface area contributed by atoms with E-state index in [-0.39, 0.29) is 36.8 Å². The van der Waals surface area contributed by atoms with Gasteiger partial charge in [0.25, 0.3) is 0 Å². The Bertz CT molecular complexity index is 496. The van der Waals surface area contributed by atoms with E-state index < -0.39 is 18.7 Å². The quantitative estimate of drug-likeness (QED) is 0.523. The van der Waals surface area contributed by atoms with Gasteiger partial charge in [0.15, 0.2) is 0 Å². The summed E-state index contributed by atoms with van der Waals surface area (Å²) in [5.41, 5.74) is 0.350. The fourth-order valence-electron chi connectivity index (χ4n) is 0.977. The van der Waals surface area contributed by atoms with E-state index in [9.17, 15) is 14.7 Å². The average Bonchev–Trinajstić information content (AvgIpc) is 2.32. The van der Waals surface area contributed by atoms with Crippen molar-refractivity contribution < 1.29 is 24.2 Å². The molecule has 0 saturated carbocycles. The third-order valence-electron chi connectivity index (χ3n) is 1.91. The molecule has 0 saturated heterocycles. The molecule has 1 rings (SSSR count). The summed E-state index contributed by atoms with van der Waals surface area (Å²) in [4.78, 5) is 22.5. The highest BCUT2D eigenvalue weighted by Crippen LogP contribution is 2.23. The smallest absolute Gasteiger partial charge is 0.341 e. The third-order valence-corrected chi connectivity index (χ3v) is 2.21. The summed E-state index contributed by atoms with van der Waals surface area (Å²) in [7, 11) is 0. The van der Waals surface area contributed by atoms with Crippen LogP contribution in [0, 0.1) is 0 Å². The summed E-state index contributed by atoms with van der Waals surface area (Å²) in [5.74, 6) is -1.50. The van der Waals surface area contributed by atoms with Crippen molar-refractivity contribution in [2.75, 3.05) is 6.79 Å². The number of hydrogen-bond donors (Lipinski definition) is 1. The molecular formula is C14H19ClO5. The van der Waals surface area contributed by atoms with Crippen molar-refractivity contribution in [1.29, 1.82) is 0 Å². The fourth-order valence-corrected chi connectivity index (χ4v) is 1.16. The molecule has 1 N–H and O–H groups in total. The number of aromatic hydroxyl groups is 1. The molecule has 0 fully saturated rings. The molecule has 112 valence electrons. The van der Waals surface area contributed by atoms with Gasteiger partial charge >= 0.3 is 11.9 Å². The van der Waals surface area contributed by atoms with Gasteiger partial charge < -0.3 is 14.6 Å². The number of esters is 2. The zero-order valence-electron chi connectivity index (χ0n) is 9.60. The normalized spacial score (nSPS) is 8.70. The fraction of sp³-hybridized carbons (Fsp3) is 0.286. The first kappa shape index (κ1) is 20.3. The Labute approximate surface area is 123 Å². The number of phenolic OH excluding ortho intramolecular Hbond substituents is 1. The first-order valence-electron chi connectivity index (χ1n) is 4.90. The molecule has 0 aromatic heterocycles. The van der Waals surface area contributed by atoms with Crippen molar-refractivity contribution in [1.82, 2.24) is 0 Å². The maximum Gasteiger partial charge on any atom is 0.341 e. The SMILES string of the molecule is C.C.C=C(C)C(=O)OCOC(=O)c1ccc(O)c(Cl)c1. The van der Waals surface area contributed by atoms with Gasteiger partial charge in [-0.05, 0) is 25.1 Å². The molecule has 1 aromatic rings. The Balaban J connectivity index is 0. The summed E-state index contributed by atoms with van der Waals surface area (Å²) in [6, 6.07) is 3.85. The van der Waals surface area contributed by atoms with Crippen molar-refractivity contribution in [3.05, 3.63) is 40.9 Å². The predicted molar refractivity (Wildman–Crippen MR) is 77.8 cm³/mol. The van der Waals surface area contributed by atoms with Gasteiger partial charge in [0, 0.05) is 5.57 Å². The number of carbonyl (C=O) groups is 2. The number of halogens is 1. The molecule has 5 nitrogen and oxygen atoms in total. The number of ether oxygens (including phenoxy) is 2. The summed E-state index contributed by atoms with van der Waals surface area (Å²) in [5, 5.41) is 9.20. The lowest BCUT2D eigenvalue weighted by molar-refractivity contribution is -0.147. The van der Waals surface area contributed by atoms with E-state index in [2.05, 4.69) is 16.1 Å². The first-order chi connectivity index (χ1) is 8.41. The van der Waals surface area contributed by atoms with E-state index in [0.717, 1.165) is 0 Å². The van der Waals surface area contributed by atoms with Crippen molar-refractivity contribution in [2.24, 2.45) is 0 Å². The summed E-state index contributed by atoms with van der Waals surface area (Å²) in [6.45, 7) is 4.34. The number of phenols is 1. The second-order valence-corrected chi connectivity index (χ2v) is 3.84. The highest BCUT2D eigenvalue weighted by Gasteiger charge is 2.11. The largest absolute Gasteiger partial charge is 0.506 e. The monoisotopic (exact) mass is 302 g/mol. The Morgan fingerprint density at radius 2 is 1.90 bits per heavy atom. The number of benzene rings is 1. The number of carbonyl (C=O) groups excluding carboxylic acids is 2. The number of rotatable bonds is 4. The van der Waals surface area contributed by atoms with Crippen molar-refractivity contribution in [2.45, 2.75) is 21.8 Å². The van der Waals surface area contributed by atoms with Gasteiger partial charge in [-0.3, -0.25) is 0 Å². The van der Waals surface area contributed by atoms with Gasteiger partial charge in [-0.2, -0.15) is 0 Å². The molecule has 6 heteroatoms. The summed E-state index contributed by atoms with van der Waals surface area (Å²) >= 11 is 5.63. The molecule has 0 atom stereocenters. The Kier molecular flexibility index (Phi) is 9.12. The number of hydrogen-bond acceptors (Lipinski definition) is 5. The predicted octanol–water partition coefficient (Wildman–Crippen LogP) is 3.55. The Morgan fingerprint density at radius 1 is 1.30 bits per heavy atom. The lowest BCUT2D eigenvalue weighted by Gasteiger charge is -2.06. The van der Waals surface area contributed by atoms with E-state index >= 15 is 0 Å². The Hall–Kier alpha value is -2.01. The van der Waals surface area contributed by atoms with E-state index in [1.807, 2.05) is 0 Å². The van der Waals surface area contributed by atoms with Gasteiger partial charge in [0.1, 0.15) is 5.75 Å². The highest BCUT2D eigenvalue weighted by atomic mass is 35.5. The molecule has 0 heterocycles. The molecular weight excluding hydrogens is 284 g/mol. The van der Waals surface area contributed by atoms with Crippen molar-refractivity contribution >= 4 is 23.5 Å². The molecule has 0 bridgehead atoms. The second-order valence-electron chi connectivity index (χ2n) is 3.43. The third kappa shape index (κ3) is 5.75. The molecule has 0 spiro atoms.